The largest absolute Gasteiger partial charge is 0.496 e. The van der Waals surface area contributed by atoms with Crippen molar-refractivity contribution >= 4 is 5.69 Å². The Labute approximate surface area is 114 Å². The van der Waals surface area contributed by atoms with E-state index in [1.807, 2.05) is 0 Å². The van der Waals surface area contributed by atoms with Crippen molar-refractivity contribution in [3.8, 4) is 5.75 Å². The number of aliphatic hydroxyl groups excluding tert-OH is 1. The first kappa shape index (κ1) is 13.9. The van der Waals surface area contributed by atoms with Gasteiger partial charge in [-0.15, -0.1) is 5.10 Å². The average molecular weight is 278 g/mol. The van der Waals surface area contributed by atoms with E-state index in [1.54, 1.807) is 19.2 Å². The zero-order valence-corrected chi connectivity index (χ0v) is 11.1. The summed E-state index contributed by atoms with van der Waals surface area (Å²) in [5, 5.41) is 27.9. The van der Waals surface area contributed by atoms with Gasteiger partial charge in [-0.2, -0.15) is 0 Å². The number of methoxy groups -OCH3 is 1. The zero-order chi connectivity index (χ0) is 14.7. The second kappa shape index (κ2) is 5.66. The summed E-state index contributed by atoms with van der Waals surface area (Å²) in [5.41, 5.74) is 1.07. The number of hydrogen-bond acceptors (Lipinski definition) is 6. The molecule has 0 saturated carbocycles. The number of hydrogen-bond donors (Lipinski definition) is 1. The van der Waals surface area contributed by atoms with E-state index in [0.717, 1.165) is 0 Å². The third kappa shape index (κ3) is 3.09. The van der Waals surface area contributed by atoms with Gasteiger partial charge in [0.05, 0.1) is 36.9 Å². The number of aliphatic hydroxyl groups is 1. The molecular weight excluding hydrogens is 264 g/mol. The molecule has 1 atom stereocenters. The van der Waals surface area contributed by atoms with Crippen LogP contribution in [0, 0.1) is 10.1 Å². The molecule has 1 aromatic carbocycles. The summed E-state index contributed by atoms with van der Waals surface area (Å²) in [7, 11) is 1.45. The van der Waals surface area contributed by atoms with Crippen molar-refractivity contribution in [2.75, 3.05) is 7.11 Å². The van der Waals surface area contributed by atoms with Gasteiger partial charge in [0, 0.05) is 6.07 Å². The van der Waals surface area contributed by atoms with Crippen LogP contribution in [0.2, 0.25) is 0 Å². The van der Waals surface area contributed by atoms with Gasteiger partial charge in [0.15, 0.2) is 0 Å². The molecule has 106 valence electrons. The Morgan fingerprint density at radius 2 is 2.25 bits per heavy atom. The van der Waals surface area contributed by atoms with E-state index < -0.39 is 11.0 Å². The lowest BCUT2D eigenvalue weighted by molar-refractivity contribution is -0.385. The average Bonchev–Trinajstić information content (AvgIpc) is 2.87. The van der Waals surface area contributed by atoms with Gasteiger partial charge in [0.2, 0.25) is 0 Å². The molecule has 0 amide bonds. The van der Waals surface area contributed by atoms with Crippen LogP contribution in [0.15, 0.2) is 24.4 Å². The molecule has 8 heteroatoms. The Kier molecular flexibility index (Phi) is 3.94. The number of nitrogens with zero attached hydrogens (tertiary/aromatic N) is 4. The van der Waals surface area contributed by atoms with Crippen LogP contribution in [-0.2, 0) is 6.54 Å². The number of non-ortho nitro benzene ring substituents is 1. The molecule has 1 N–H and O–H groups in total. The normalized spacial score (nSPS) is 12.2. The third-order valence-electron chi connectivity index (χ3n) is 2.73. The number of ether oxygens (including phenoxy) is 1. The molecule has 0 fully saturated rings. The van der Waals surface area contributed by atoms with Crippen LogP contribution >= 0.6 is 0 Å². The van der Waals surface area contributed by atoms with Gasteiger partial charge in [-0.1, -0.05) is 5.21 Å². The summed E-state index contributed by atoms with van der Waals surface area (Å²) in [4.78, 5) is 10.4. The molecule has 2 aromatic rings. The maximum absolute atomic E-state index is 10.8. The van der Waals surface area contributed by atoms with Crippen molar-refractivity contribution in [3.63, 3.8) is 0 Å². The Balaban J connectivity index is 2.27. The van der Waals surface area contributed by atoms with Gasteiger partial charge >= 0.3 is 0 Å². The molecular formula is C12H14N4O4. The van der Waals surface area contributed by atoms with E-state index in [2.05, 4.69) is 10.3 Å². The summed E-state index contributed by atoms with van der Waals surface area (Å²) in [6.07, 6.45) is 0.888. The monoisotopic (exact) mass is 278 g/mol. The Hall–Kier alpha value is -2.48. The number of benzene rings is 1. The van der Waals surface area contributed by atoms with Crippen LogP contribution in [0.1, 0.15) is 24.3 Å². The van der Waals surface area contributed by atoms with Crippen LogP contribution in [0.4, 0.5) is 5.69 Å². The van der Waals surface area contributed by atoms with Gasteiger partial charge in [-0.25, -0.2) is 4.68 Å². The standard InChI is InChI=1S/C12H14N4O4/c1-8(17)12-7-15(14-13-12)6-9-3-10(16(18)19)5-11(4-9)20-2/h3-5,7-8,17H,6H2,1-2H3. The lowest BCUT2D eigenvalue weighted by Gasteiger charge is -2.05. The first-order chi connectivity index (χ1) is 9.49. The Morgan fingerprint density at radius 1 is 1.50 bits per heavy atom. The summed E-state index contributed by atoms with van der Waals surface area (Å²) in [5.74, 6) is 0.407. The molecule has 1 aromatic heterocycles. The van der Waals surface area contributed by atoms with E-state index >= 15 is 0 Å². The van der Waals surface area contributed by atoms with Crippen molar-refractivity contribution in [2.24, 2.45) is 0 Å². The molecule has 0 aliphatic rings. The fraction of sp³-hybridized carbons (Fsp3) is 0.333. The van der Waals surface area contributed by atoms with Gasteiger partial charge in [-0.3, -0.25) is 10.1 Å². The number of aromatic nitrogens is 3. The summed E-state index contributed by atoms with van der Waals surface area (Å²) >= 11 is 0. The van der Waals surface area contributed by atoms with E-state index in [1.165, 1.54) is 23.9 Å². The summed E-state index contributed by atoms with van der Waals surface area (Å²) in [6.45, 7) is 1.89. The first-order valence-corrected chi connectivity index (χ1v) is 5.90. The van der Waals surface area contributed by atoms with E-state index in [0.29, 0.717) is 23.6 Å². The predicted molar refractivity (Wildman–Crippen MR) is 69.4 cm³/mol. The second-order valence-corrected chi connectivity index (χ2v) is 4.31. The minimum Gasteiger partial charge on any atom is -0.496 e. The fourth-order valence-corrected chi connectivity index (χ4v) is 1.73. The first-order valence-electron chi connectivity index (χ1n) is 5.90. The minimum atomic E-state index is -0.705. The molecule has 2 rings (SSSR count). The highest BCUT2D eigenvalue weighted by atomic mass is 16.6. The summed E-state index contributed by atoms with van der Waals surface area (Å²) < 4.78 is 6.54. The molecule has 0 saturated heterocycles. The highest BCUT2D eigenvalue weighted by molar-refractivity contribution is 5.42. The number of rotatable bonds is 5. The zero-order valence-electron chi connectivity index (χ0n) is 11.1. The molecule has 20 heavy (non-hydrogen) atoms. The van der Waals surface area contributed by atoms with Crippen molar-refractivity contribution in [1.29, 1.82) is 0 Å². The molecule has 0 radical (unpaired) electrons. The van der Waals surface area contributed by atoms with Crippen LogP contribution < -0.4 is 4.74 Å². The molecule has 0 aliphatic heterocycles. The predicted octanol–water partition coefficient (Wildman–Crippen LogP) is 1.30. The molecule has 1 unspecified atom stereocenters. The van der Waals surface area contributed by atoms with Crippen molar-refractivity contribution in [1.82, 2.24) is 15.0 Å². The molecule has 8 nitrogen and oxygen atoms in total. The highest BCUT2D eigenvalue weighted by Crippen LogP contribution is 2.23. The highest BCUT2D eigenvalue weighted by Gasteiger charge is 2.12. The summed E-state index contributed by atoms with van der Waals surface area (Å²) in [6, 6.07) is 4.50. The van der Waals surface area contributed by atoms with Crippen molar-refractivity contribution in [2.45, 2.75) is 19.6 Å². The maximum atomic E-state index is 10.8. The smallest absolute Gasteiger partial charge is 0.273 e. The maximum Gasteiger partial charge on any atom is 0.273 e. The van der Waals surface area contributed by atoms with Crippen LogP contribution in [0.5, 0.6) is 5.75 Å². The Morgan fingerprint density at radius 3 is 2.80 bits per heavy atom. The molecule has 0 spiro atoms. The van der Waals surface area contributed by atoms with E-state index in [4.69, 9.17) is 4.74 Å². The van der Waals surface area contributed by atoms with E-state index in [9.17, 15) is 15.2 Å². The van der Waals surface area contributed by atoms with Crippen LogP contribution in [0.25, 0.3) is 0 Å². The third-order valence-corrected chi connectivity index (χ3v) is 2.73. The van der Waals surface area contributed by atoms with Crippen LogP contribution in [0.3, 0.4) is 0 Å². The van der Waals surface area contributed by atoms with Gasteiger partial charge in [0.25, 0.3) is 5.69 Å². The lowest BCUT2D eigenvalue weighted by atomic mass is 10.2. The van der Waals surface area contributed by atoms with Crippen molar-refractivity contribution < 1.29 is 14.8 Å². The van der Waals surface area contributed by atoms with Gasteiger partial charge < -0.3 is 9.84 Å². The number of nitro groups is 1. The second-order valence-electron chi connectivity index (χ2n) is 4.31. The Bertz CT molecular complexity index is 624. The van der Waals surface area contributed by atoms with Gasteiger partial charge in [0.1, 0.15) is 11.4 Å². The minimum absolute atomic E-state index is 0.0461. The van der Waals surface area contributed by atoms with Gasteiger partial charge in [-0.05, 0) is 18.6 Å². The lowest BCUT2D eigenvalue weighted by Crippen LogP contribution is -2.02. The topological polar surface area (TPSA) is 103 Å². The molecule has 0 bridgehead atoms. The number of nitro benzene ring substituents is 1. The SMILES string of the molecule is COc1cc(Cn2cc(C(C)O)nn2)cc([N+](=O)[O-])c1. The molecule has 1 heterocycles. The fourth-order valence-electron chi connectivity index (χ4n) is 1.73. The molecule has 0 aliphatic carbocycles. The van der Waals surface area contributed by atoms with Crippen molar-refractivity contribution in [3.05, 3.63) is 45.8 Å². The van der Waals surface area contributed by atoms with Crippen LogP contribution in [-0.4, -0.2) is 32.1 Å². The quantitative estimate of drug-likeness (QED) is 0.653. The van der Waals surface area contributed by atoms with E-state index in [-0.39, 0.29) is 5.69 Å².